The molecule has 1 atom stereocenters. The summed E-state index contributed by atoms with van der Waals surface area (Å²) in [7, 11) is 0. The highest BCUT2D eigenvalue weighted by molar-refractivity contribution is 9.10. The summed E-state index contributed by atoms with van der Waals surface area (Å²) in [5.41, 5.74) is 2.32. The number of halogens is 1. The Hall–Kier alpha value is -1.22. The van der Waals surface area contributed by atoms with Crippen molar-refractivity contribution in [1.29, 1.82) is 0 Å². The van der Waals surface area contributed by atoms with Crippen molar-refractivity contribution < 1.29 is 4.42 Å². The van der Waals surface area contributed by atoms with Crippen molar-refractivity contribution in [2.45, 2.75) is 26.8 Å². The first-order chi connectivity index (χ1) is 8.04. The van der Waals surface area contributed by atoms with Crippen LogP contribution in [0.5, 0.6) is 0 Å². The molecule has 2 rings (SSSR count). The number of furan rings is 1. The van der Waals surface area contributed by atoms with Gasteiger partial charge in [-0.05, 0) is 56.7 Å². The Morgan fingerprint density at radius 3 is 2.53 bits per heavy atom. The van der Waals surface area contributed by atoms with E-state index in [9.17, 15) is 0 Å². The summed E-state index contributed by atoms with van der Waals surface area (Å²) in [5, 5.41) is 3.43. The maximum Gasteiger partial charge on any atom is 0.126 e. The standard InChI is InChI=1S/C14H16BrNO/c1-9-6-12(15)8-13(7-9)16-11(3)14-5-4-10(2)17-14/h4-8,11,16H,1-3H3. The van der Waals surface area contributed by atoms with Gasteiger partial charge in [-0.1, -0.05) is 15.9 Å². The van der Waals surface area contributed by atoms with Crippen LogP contribution in [-0.4, -0.2) is 0 Å². The molecule has 0 aliphatic carbocycles. The number of aryl methyl sites for hydroxylation is 2. The molecular weight excluding hydrogens is 278 g/mol. The lowest BCUT2D eigenvalue weighted by Gasteiger charge is -2.14. The highest BCUT2D eigenvalue weighted by atomic mass is 79.9. The van der Waals surface area contributed by atoms with E-state index in [1.807, 2.05) is 19.1 Å². The number of rotatable bonds is 3. The van der Waals surface area contributed by atoms with Crippen LogP contribution in [0.3, 0.4) is 0 Å². The minimum Gasteiger partial charge on any atom is -0.464 e. The van der Waals surface area contributed by atoms with Crippen molar-refractivity contribution >= 4 is 21.6 Å². The first-order valence-electron chi connectivity index (χ1n) is 5.64. The first kappa shape index (κ1) is 12.2. The van der Waals surface area contributed by atoms with Gasteiger partial charge in [0.1, 0.15) is 11.5 Å². The van der Waals surface area contributed by atoms with Crippen LogP contribution in [0.25, 0.3) is 0 Å². The number of anilines is 1. The SMILES string of the molecule is Cc1cc(Br)cc(NC(C)c2ccc(C)o2)c1. The predicted molar refractivity (Wildman–Crippen MR) is 74.4 cm³/mol. The second-order valence-electron chi connectivity index (χ2n) is 4.33. The van der Waals surface area contributed by atoms with Gasteiger partial charge < -0.3 is 9.73 Å². The Morgan fingerprint density at radius 1 is 1.18 bits per heavy atom. The van der Waals surface area contributed by atoms with Gasteiger partial charge in [0.15, 0.2) is 0 Å². The maximum atomic E-state index is 5.60. The second kappa shape index (κ2) is 4.96. The Bertz CT molecular complexity index is 498. The third kappa shape index (κ3) is 3.13. The molecule has 0 saturated carbocycles. The highest BCUT2D eigenvalue weighted by Gasteiger charge is 2.09. The molecule has 3 heteroatoms. The fourth-order valence-electron chi connectivity index (χ4n) is 1.83. The molecule has 0 spiro atoms. The molecule has 90 valence electrons. The third-order valence-electron chi connectivity index (χ3n) is 2.61. The van der Waals surface area contributed by atoms with E-state index in [0.717, 1.165) is 21.7 Å². The van der Waals surface area contributed by atoms with Crippen molar-refractivity contribution in [3.05, 3.63) is 51.9 Å². The molecule has 1 heterocycles. The quantitative estimate of drug-likeness (QED) is 0.877. The number of nitrogens with one attached hydrogen (secondary N) is 1. The molecule has 2 nitrogen and oxygen atoms in total. The fraction of sp³-hybridized carbons (Fsp3) is 0.286. The van der Waals surface area contributed by atoms with E-state index in [4.69, 9.17) is 4.42 Å². The summed E-state index contributed by atoms with van der Waals surface area (Å²) in [6.45, 7) is 6.13. The molecule has 0 fully saturated rings. The zero-order chi connectivity index (χ0) is 12.4. The Balaban J connectivity index is 2.15. The molecule has 1 N–H and O–H groups in total. The topological polar surface area (TPSA) is 25.2 Å². The van der Waals surface area contributed by atoms with Crippen molar-refractivity contribution in [3.8, 4) is 0 Å². The molecule has 1 aromatic heterocycles. The van der Waals surface area contributed by atoms with Gasteiger partial charge in [0.2, 0.25) is 0 Å². The average molecular weight is 294 g/mol. The molecule has 17 heavy (non-hydrogen) atoms. The molecule has 0 radical (unpaired) electrons. The molecule has 0 amide bonds. The molecule has 2 aromatic rings. The zero-order valence-corrected chi connectivity index (χ0v) is 11.8. The average Bonchev–Trinajstić information content (AvgIpc) is 2.63. The van der Waals surface area contributed by atoms with Gasteiger partial charge in [-0.15, -0.1) is 0 Å². The Kier molecular flexibility index (Phi) is 3.57. The van der Waals surface area contributed by atoms with Crippen LogP contribution in [0.15, 0.2) is 39.2 Å². The Morgan fingerprint density at radius 2 is 1.94 bits per heavy atom. The molecule has 1 aromatic carbocycles. The summed E-state index contributed by atoms with van der Waals surface area (Å²) in [5.74, 6) is 1.90. The van der Waals surface area contributed by atoms with Crippen molar-refractivity contribution in [1.82, 2.24) is 0 Å². The third-order valence-corrected chi connectivity index (χ3v) is 3.07. The van der Waals surface area contributed by atoms with Gasteiger partial charge in [-0.3, -0.25) is 0 Å². The van der Waals surface area contributed by atoms with Crippen LogP contribution in [-0.2, 0) is 0 Å². The largest absolute Gasteiger partial charge is 0.464 e. The molecule has 0 bridgehead atoms. The van der Waals surface area contributed by atoms with E-state index in [2.05, 4.69) is 53.3 Å². The smallest absolute Gasteiger partial charge is 0.126 e. The first-order valence-corrected chi connectivity index (χ1v) is 6.44. The Labute approximate surface area is 110 Å². The van der Waals surface area contributed by atoms with Crippen molar-refractivity contribution in [2.24, 2.45) is 0 Å². The highest BCUT2D eigenvalue weighted by Crippen LogP contribution is 2.24. The van der Waals surface area contributed by atoms with Crippen LogP contribution in [0.2, 0.25) is 0 Å². The van der Waals surface area contributed by atoms with E-state index < -0.39 is 0 Å². The number of benzene rings is 1. The number of hydrogen-bond donors (Lipinski definition) is 1. The summed E-state index contributed by atoms with van der Waals surface area (Å²) in [4.78, 5) is 0. The lowest BCUT2D eigenvalue weighted by atomic mass is 10.2. The van der Waals surface area contributed by atoms with Crippen LogP contribution in [0.4, 0.5) is 5.69 Å². The molecule has 1 unspecified atom stereocenters. The van der Waals surface area contributed by atoms with Crippen molar-refractivity contribution in [2.75, 3.05) is 5.32 Å². The van der Waals surface area contributed by atoms with E-state index >= 15 is 0 Å². The summed E-state index contributed by atoms with van der Waals surface area (Å²) < 4.78 is 6.69. The maximum absolute atomic E-state index is 5.60. The van der Waals surface area contributed by atoms with E-state index in [-0.39, 0.29) is 6.04 Å². The van der Waals surface area contributed by atoms with Crippen LogP contribution >= 0.6 is 15.9 Å². The number of hydrogen-bond acceptors (Lipinski definition) is 2. The van der Waals surface area contributed by atoms with E-state index in [1.54, 1.807) is 0 Å². The van der Waals surface area contributed by atoms with Gasteiger partial charge >= 0.3 is 0 Å². The predicted octanol–water partition coefficient (Wildman–Crippen LogP) is 4.83. The second-order valence-corrected chi connectivity index (χ2v) is 5.25. The van der Waals surface area contributed by atoms with E-state index in [0.29, 0.717) is 0 Å². The van der Waals surface area contributed by atoms with Gasteiger partial charge in [0, 0.05) is 10.2 Å². The summed E-state index contributed by atoms with van der Waals surface area (Å²) in [6.07, 6.45) is 0. The molecule has 0 saturated heterocycles. The van der Waals surface area contributed by atoms with Crippen molar-refractivity contribution in [3.63, 3.8) is 0 Å². The summed E-state index contributed by atoms with van der Waals surface area (Å²) >= 11 is 3.50. The van der Waals surface area contributed by atoms with Crippen LogP contribution in [0.1, 0.15) is 30.0 Å². The van der Waals surface area contributed by atoms with Crippen LogP contribution in [0, 0.1) is 13.8 Å². The minimum absolute atomic E-state index is 0.164. The summed E-state index contributed by atoms with van der Waals surface area (Å²) in [6, 6.07) is 10.4. The minimum atomic E-state index is 0.164. The van der Waals surface area contributed by atoms with Gasteiger partial charge in [-0.2, -0.15) is 0 Å². The molecule has 0 aliphatic rings. The zero-order valence-electron chi connectivity index (χ0n) is 10.3. The van der Waals surface area contributed by atoms with Gasteiger partial charge in [0.05, 0.1) is 6.04 Å². The fourth-order valence-corrected chi connectivity index (χ4v) is 2.43. The monoisotopic (exact) mass is 293 g/mol. The molecule has 0 aliphatic heterocycles. The van der Waals surface area contributed by atoms with Crippen LogP contribution < -0.4 is 5.32 Å². The van der Waals surface area contributed by atoms with Gasteiger partial charge in [-0.25, -0.2) is 0 Å². The lowest BCUT2D eigenvalue weighted by Crippen LogP contribution is -2.05. The van der Waals surface area contributed by atoms with E-state index in [1.165, 1.54) is 5.56 Å². The lowest BCUT2D eigenvalue weighted by molar-refractivity contribution is 0.467. The normalized spacial score (nSPS) is 12.5. The molecular formula is C14H16BrNO. The van der Waals surface area contributed by atoms with Gasteiger partial charge in [0.25, 0.3) is 0 Å².